The number of nitrogens with zero attached hydrogens (tertiary/aromatic N) is 2. The van der Waals surface area contributed by atoms with E-state index < -0.39 is 17.9 Å². The Morgan fingerprint density at radius 1 is 1.00 bits per heavy atom. The summed E-state index contributed by atoms with van der Waals surface area (Å²) in [5.41, 5.74) is 5.43. The molecular weight excluding hydrogens is 414 g/mol. The SMILES string of the molecule is COC(=O)C1=C(C)NC(C)=C(C(=O)OC)C1c1c(-c2ccc(C)cc2)nc2sccn12. The van der Waals surface area contributed by atoms with Gasteiger partial charge in [0, 0.05) is 28.5 Å². The number of fused-ring (bicyclic) bond motifs is 1. The summed E-state index contributed by atoms with van der Waals surface area (Å²) in [4.78, 5) is 31.4. The van der Waals surface area contributed by atoms with Crippen LogP contribution in [0, 0.1) is 6.92 Å². The largest absolute Gasteiger partial charge is 0.466 e. The van der Waals surface area contributed by atoms with Gasteiger partial charge in [0.2, 0.25) is 0 Å². The molecule has 3 heterocycles. The molecule has 1 aliphatic heterocycles. The summed E-state index contributed by atoms with van der Waals surface area (Å²) in [6.07, 6.45) is 1.90. The summed E-state index contributed by atoms with van der Waals surface area (Å²) in [7, 11) is 2.67. The standard InChI is InChI=1S/C23H23N3O4S/c1-12-6-8-15(9-7-12)19-20(26-10-11-31-23(26)25-19)18-16(21(27)29-4)13(2)24-14(3)17(18)22(28)30-5/h6-11,18,24H,1-5H3. The summed E-state index contributed by atoms with van der Waals surface area (Å²) in [5.74, 6) is -1.73. The maximum Gasteiger partial charge on any atom is 0.336 e. The zero-order chi connectivity index (χ0) is 22.3. The molecule has 0 radical (unpaired) electrons. The number of aryl methyl sites for hydroxylation is 1. The molecule has 0 atom stereocenters. The van der Waals surface area contributed by atoms with E-state index in [0.717, 1.165) is 21.8 Å². The van der Waals surface area contributed by atoms with Crippen molar-refractivity contribution < 1.29 is 19.1 Å². The number of carbonyl (C=O) groups is 2. The van der Waals surface area contributed by atoms with E-state index in [1.807, 2.05) is 47.2 Å². The Labute approximate surface area is 184 Å². The number of dihydropyridines is 1. The van der Waals surface area contributed by atoms with Crippen LogP contribution in [0.4, 0.5) is 0 Å². The second-order valence-electron chi connectivity index (χ2n) is 7.39. The fourth-order valence-electron chi connectivity index (χ4n) is 4.03. The maximum absolute atomic E-state index is 12.9. The smallest absolute Gasteiger partial charge is 0.336 e. The number of allylic oxidation sites excluding steroid dienone is 2. The Kier molecular flexibility index (Phi) is 5.41. The van der Waals surface area contributed by atoms with E-state index in [0.29, 0.717) is 28.2 Å². The third-order valence-electron chi connectivity index (χ3n) is 5.47. The number of benzene rings is 1. The van der Waals surface area contributed by atoms with Crippen molar-refractivity contribution >= 4 is 28.2 Å². The van der Waals surface area contributed by atoms with Gasteiger partial charge in [0.25, 0.3) is 0 Å². The molecule has 0 saturated carbocycles. The summed E-state index contributed by atoms with van der Waals surface area (Å²) >= 11 is 1.49. The van der Waals surface area contributed by atoms with Gasteiger partial charge < -0.3 is 14.8 Å². The molecule has 7 nitrogen and oxygen atoms in total. The van der Waals surface area contributed by atoms with Crippen LogP contribution >= 0.6 is 11.3 Å². The van der Waals surface area contributed by atoms with Gasteiger partial charge in [-0.05, 0) is 20.8 Å². The summed E-state index contributed by atoms with van der Waals surface area (Å²) in [5, 5.41) is 5.07. The second kappa shape index (κ2) is 8.03. The molecule has 0 fully saturated rings. The van der Waals surface area contributed by atoms with Gasteiger partial charge in [0.15, 0.2) is 4.96 Å². The van der Waals surface area contributed by atoms with Gasteiger partial charge in [-0.25, -0.2) is 14.6 Å². The molecule has 160 valence electrons. The number of ether oxygens (including phenoxy) is 2. The van der Waals surface area contributed by atoms with Crippen LogP contribution in [0.1, 0.15) is 31.0 Å². The minimum absolute atomic E-state index is 0.356. The van der Waals surface area contributed by atoms with E-state index in [1.54, 1.807) is 13.8 Å². The highest BCUT2D eigenvalue weighted by Gasteiger charge is 2.41. The van der Waals surface area contributed by atoms with Crippen molar-refractivity contribution in [2.75, 3.05) is 14.2 Å². The molecule has 0 spiro atoms. The summed E-state index contributed by atoms with van der Waals surface area (Å²) in [6, 6.07) is 8.02. The predicted molar refractivity (Wildman–Crippen MR) is 119 cm³/mol. The van der Waals surface area contributed by atoms with E-state index in [2.05, 4.69) is 5.32 Å². The minimum atomic E-state index is -0.706. The molecule has 0 bridgehead atoms. The molecule has 0 saturated heterocycles. The van der Waals surface area contributed by atoms with Crippen molar-refractivity contribution in [3.05, 3.63) is 69.6 Å². The maximum atomic E-state index is 12.9. The Morgan fingerprint density at radius 3 is 2.13 bits per heavy atom. The van der Waals surface area contributed by atoms with Gasteiger partial charge in [-0.2, -0.15) is 0 Å². The van der Waals surface area contributed by atoms with Crippen LogP contribution in [-0.4, -0.2) is 35.5 Å². The van der Waals surface area contributed by atoms with Crippen LogP contribution in [0.25, 0.3) is 16.2 Å². The lowest BCUT2D eigenvalue weighted by molar-refractivity contribution is -0.137. The first kappa shape index (κ1) is 20.9. The van der Waals surface area contributed by atoms with Gasteiger partial charge in [-0.15, -0.1) is 11.3 Å². The van der Waals surface area contributed by atoms with Crippen molar-refractivity contribution in [3.63, 3.8) is 0 Å². The third-order valence-corrected chi connectivity index (χ3v) is 6.23. The fourth-order valence-corrected chi connectivity index (χ4v) is 4.75. The Bertz CT molecular complexity index is 1210. The first-order valence-electron chi connectivity index (χ1n) is 9.75. The van der Waals surface area contributed by atoms with Gasteiger partial charge in [0.05, 0.1) is 42.7 Å². The number of hydrogen-bond acceptors (Lipinski definition) is 7. The molecule has 3 aromatic rings. The van der Waals surface area contributed by atoms with Gasteiger partial charge >= 0.3 is 11.9 Å². The highest BCUT2D eigenvalue weighted by atomic mass is 32.1. The lowest BCUT2D eigenvalue weighted by atomic mass is 9.81. The highest BCUT2D eigenvalue weighted by Crippen LogP contribution is 2.43. The van der Waals surface area contributed by atoms with Crippen molar-refractivity contribution in [3.8, 4) is 11.3 Å². The molecule has 0 unspecified atom stereocenters. The van der Waals surface area contributed by atoms with E-state index in [9.17, 15) is 9.59 Å². The first-order chi connectivity index (χ1) is 14.9. The molecule has 0 amide bonds. The number of thiazole rings is 1. The van der Waals surface area contributed by atoms with E-state index in [-0.39, 0.29) is 0 Å². The molecule has 4 rings (SSSR count). The Hall–Kier alpha value is -3.39. The van der Waals surface area contributed by atoms with Crippen molar-refractivity contribution in [2.24, 2.45) is 0 Å². The van der Waals surface area contributed by atoms with Crippen LogP contribution in [0.2, 0.25) is 0 Å². The van der Waals surface area contributed by atoms with Crippen LogP contribution in [-0.2, 0) is 19.1 Å². The monoisotopic (exact) mass is 437 g/mol. The number of aromatic nitrogens is 2. The average molecular weight is 438 g/mol. The normalized spacial score (nSPS) is 14.7. The van der Waals surface area contributed by atoms with Crippen molar-refractivity contribution in [1.82, 2.24) is 14.7 Å². The number of carbonyl (C=O) groups excluding carboxylic acids is 2. The molecule has 1 aliphatic rings. The lowest BCUT2D eigenvalue weighted by Gasteiger charge is -2.30. The molecule has 31 heavy (non-hydrogen) atoms. The average Bonchev–Trinajstić information content (AvgIpc) is 3.34. The van der Waals surface area contributed by atoms with E-state index >= 15 is 0 Å². The van der Waals surface area contributed by atoms with Gasteiger partial charge in [-0.3, -0.25) is 4.40 Å². The van der Waals surface area contributed by atoms with Gasteiger partial charge in [0.1, 0.15) is 0 Å². The Morgan fingerprint density at radius 2 is 1.58 bits per heavy atom. The number of imidazole rings is 1. The molecule has 1 aromatic carbocycles. The number of rotatable bonds is 4. The number of esters is 2. The predicted octanol–water partition coefficient (Wildman–Crippen LogP) is 3.95. The van der Waals surface area contributed by atoms with Crippen LogP contribution in [0.3, 0.4) is 0 Å². The van der Waals surface area contributed by atoms with Crippen molar-refractivity contribution in [1.29, 1.82) is 0 Å². The quantitative estimate of drug-likeness (QED) is 0.623. The number of hydrogen-bond donors (Lipinski definition) is 1. The van der Waals surface area contributed by atoms with E-state index in [1.165, 1.54) is 25.6 Å². The minimum Gasteiger partial charge on any atom is -0.466 e. The van der Waals surface area contributed by atoms with Crippen LogP contribution in [0.15, 0.2) is 58.4 Å². The molecule has 2 aromatic heterocycles. The number of methoxy groups -OCH3 is 2. The third kappa shape index (κ3) is 3.42. The van der Waals surface area contributed by atoms with Crippen molar-refractivity contribution in [2.45, 2.75) is 26.7 Å². The topological polar surface area (TPSA) is 81.9 Å². The number of nitrogens with one attached hydrogen (secondary N) is 1. The Balaban J connectivity index is 2.06. The fraction of sp³-hybridized carbons (Fsp3) is 0.261. The zero-order valence-electron chi connectivity index (χ0n) is 18.0. The summed E-state index contributed by atoms with van der Waals surface area (Å²) in [6.45, 7) is 5.62. The highest BCUT2D eigenvalue weighted by molar-refractivity contribution is 7.15. The molecular formula is C23H23N3O4S. The molecule has 8 heteroatoms. The van der Waals surface area contributed by atoms with Gasteiger partial charge in [-0.1, -0.05) is 29.8 Å². The first-order valence-corrected chi connectivity index (χ1v) is 10.6. The van der Waals surface area contributed by atoms with Crippen LogP contribution in [0.5, 0.6) is 0 Å². The van der Waals surface area contributed by atoms with E-state index in [4.69, 9.17) is 14.5 Å². The van der Waals surface area contributed by atoms with Crippen LogP contribution < -0.4 is 5.32 Å². The molecule has 1 N–H and O–H groups in total. The molecule has 0 aliphatic carbocycles. The lowest BCUT2D eigenvalue weighted by Crippen LogP contribution is -2.32. The second-order valence-corrected chi connectivity index (χ2v) is 8.26. The summed E-state index contributed by atoms with van der Waals surface area (Å²) < 4.78 is 12.1. The zero-order valence-corrected chi connectivity index (χ0v) is 18.8.